The molecule has 2 atom stereocenters. The third-order valence-electron chi connectivity index (χ3n) is 10.4. The third kappa shape index (κ3) is 5.23. The Labute approximate surface area is 250 Å². The van der Waals surface area contributed by atoms with Gasteiger partial charge >= 0.3 is 0 Å². The number of unbranched alkanes of at least 4 members (excludes halogenated alkanes) is 1. The summed E-state index contributed by atoms with van der Waals surface area (Å²) in [5.41, 5.74) is 5.10. The van der Waals surface area contributed by atoms with Crippen molar-refractivity contribution in [2.45, 2.75) is 117 Å². The second kappa shape index (κ2) is 11.5. The van der Waals surface area contributed by atoms with Crippen LogP contribution in [0, 0.1) is 17.3 Å². The zero-order valence-electron chi connectivity index (χ0n) is 25.9. The Balaban J connectivity index is 1.44. The second-order valence-electron chi connectivity index (χ2n) is 13.7. The van der Waals surface area contributed by atoms with E-state index in [1.165, 1.54) is 0 Å². The Bertz CT molecular complexity index is 1320. The van der Waals surface area contributed by atoms with Crippen LogP contribution in [0.15, 0.2) is 40.7 Å². The van der Waals surface area contributed by atoms with E-state index in [9.17, 15) is 15.0 Å². The lowest BCUT2D eigenvalue weighted by Crippen LogP contribution is -2.53. The van der Waals surface area contributed by atoms with E-state index in [4.69, 9.17) is 14.2 Å². The molecule has 1 aromatic carbocycles. The fraction of sp³-hybridized carbons (Fsp3) is 0.639. The average Bonchev–Trinajstić information content (AvgIpc) is 3.74. The van der Waals surface area contributed by atoms with E-state index in [-0.39, 0.29) is 34.9 Å². The number of carbonyl (C=O) groups excluding carboxylic acids is 1. The van der Waals surface area contributed by atoms with Crippen LogP contribution in [0.5, 0.6) is 11.5 Å². The molecule has 2 N–H and O–H groups in total. The first-order valence-corrected chi connectivity index (χ1v) is 16.4. The number of rotatable bonds is 12. The van der Waals surface area contributed by atoms with Gasteiger partial charge in [-0.15, -0.1) is 0 Å². The first-order valence-electron chi connectivity index (χ1n) is 16.4. The maximum absolute atomic E-state index is 13.5. The number of hydrogen-bond acceptors (Lipinski definition) is 6. The van der Waals surface area contributed by atoms with E-state index in [0.29, 0.717) is 31.0 Å². The Morgan fingerprint density at radius 3 is 2.36 bits per heavy atom. The smallest absolute Gasteiger partial charge is 0.213 e. The van der Waals surface area contributed by atoms with Crippen molar-refractivity contribution in [1.82, 2.24) is 0 Å². The molecule has 6 nitrogen and oxygen atoms in total. The topological polar surface area (TPSA) is 85.2 Å². The molecule has 3 aliphatic carbocycles. The van der Waals surface area contributed by atoms with E-state index >= 15 is 0 Å². The van der Waals surface area contributed by atoms with Gasteiger partial charge in [0.2, 0.25) is 5.79 Å². The molecule has 6 heteroatoms. The predicted molar refractivity (Wildman–Crippen MR) is 164 cm³/mol. The maximum Gasteiger partial charge on any atom is 0.213 e. The van der Waals surface area contributed by atoms with Crippen molar-refractivity contribution < 1.29 is 29.2 Å². The minimum Gasteiger partial charge on any atom is -0.507 e. The maximum atomic E-state index is 13.5. The quantitative estimate of drug-likeness (QED) is 0.150. The lowest BCUT2D eigenvalue weighted by atomic mass is 9.74. The zero-order valence-corrected chi connectivity index (χ0v) is 25.9. The van der Waals surface area contributed by atoms with Crippen molar-refractivity contribution in [1.29, 1.82) is 0 Å². The van der Waals surface area contributed by atoms with Gasteiger partial charge in [-0.1, -0.05) is 33.6 Å². The zero-order chi connectivity index (χ0) is 29.6. The molecular formula is C36H48O6. The number of hydrogen-bond donors (Lipinski definition) is 2. The van der Waals surface area contributed by atoms with Crippen molar-refractivity contribution in [3.63, 3.8) is 0 Å². The number of aliphatic hydroxyl groups excluding tert-OH is 1. The number of Topliss-reactive ketones (excluding diaryl/α,β-unsaturated/α-hetero) is 1. The lowest BCUT2D eigenvalue weighted by Gasteiger charge is -2.47. The Morgan fingerprint density at radius 1 is 1.12 bits per heavy atom. The van der Waals surface area contributed by atoms with Gasteiger partial charge in [-0.3, -0.25) is 4.79 Å². The van der Waals surface area contributed by atoms with Gasteiger partial charge in [-0.05, 0) is 99.1 Å². The number of aliphatic hydroxyl groups is 2. The standard InChI is InChI=1S/C36H48O6/c1-5-7-14-30(37)29(33(38)24-10-8-11-24)18-28-22(3)27-17-23(6-2)31(19-32(27)41-34(28)35(4)20-40-21-35)42-36(39,26-15-16-26)25-12-9-13-25/h17-19,25-26,34,38-39H,5-16,20-21H2,1-4H3/b29-18+. The molecule has 6 rings (SSSR count). The summed E-state index contributed by atoms with van der Waals surface area (Å²) in [6, 6.07) is 4.13. The summed E-state index contributed by atoms with van der Waals surface area (Å²) >= 11 is 0. The molecule has 1 saturated heterocycles. The van der Waals surface area contributed by atoms with Crippen molar-refractivity contribution >= 4 is 11.4 Å². The van der Waals surface area contributed by atoms with E-state index < -0.39 is 5.79 Å². The lowest BCUT2D eigenvalue weighted by molar-refractivity contribution is -0.211. The number of ether oxygens (including phenoxy) is 3. The van der Waals surface area contributed by atoms with Gasteiger partial charge in [0, 0.05) is 29.9 Å². The van der Waals surface area contributed by atoms with E-state index in [1.54, 1.807) is 0 Å². The Kier molecular flexibility index (Phi) is 8.08. The number of ketones is 1. The highest BCUT2D eigenvalue weighted by molar-refractivity contribution is 6.00. The fourth-order valence-corrected chi connectivity index (χ4v) is 6.87. The number of fused-ring (bicyclic) bond motifs is 1. The van der Waals surface area contributed by atoms with E-state index in [0.717, 1.165) is 104 Å². The number of allylic oxidation sites excluding steroid dienone is 3. The summed E-state index contributed by atoms with van der Waals surface area (Å²) in [7, 11) is 0. The van der Waals surface area contributed by atoms with Crippen LogP contribution in [0.2, 0.25) is 0 Å². The highest BCUT2D eigenvalue weighted by atomic mass is 16.6. The van der Waals surface area contributed by atoms with Gasteiger partial charge in [0.1, 0.15) is 23.4 Å². The molecule has 0 aromatic heterocycles. The monoisotopic (exact) mass is 576 g/mol. The molecule has 2 unspecified atom stereocenters. The Morgan fingerprint density at radius 2 is 1.83 bits per heavy atom. The molecule has 0 bridgehead atoms. The number of aryl methyl sites for hydroxylation is 1. The minimum absolute atomic E-state index is 0.0121. The molecule has 0 spiro atoms. The highest BCUT2D eigenvalue weighted by Crippen LogP contribution is 2.52. The molecule has 42 heavy (non-hydrogen) atoms. The van der Waals surface area contributed by atoms with Gasteiger partial charge < -0.3 is 24.4 Å². The Hall–Kier alpha value is -2.57. The van der Waals surface area contributed by atoms with Crippen molar-refractivity contribution in [3.05, 3.63) is 51.8 Å². The van der Waals surface area contributed by atoms with Crippen LogP contribution >= 0.6 is 0 Å². The molecule has 3 saturated carbocycles. The SMILES string of the molecule is CCCCC(=O)/C(=C\C1=C(C)c2cc(CC)c(OC(O)(C3CCC3)C3CC3)cc2OC1C1(C)COC1)C(O)=C1CCC1. The second-order valence-corrected chi connectivity index (χ2v) is 13.7. The first-order chi connectivity index (χ1) is 20.2. The molecule has 4 fully saturated rings. The van der Waals surface area contributed by atoms with Crippen LogP contribution in [0.25, 0.3) is 5.57 Å². The summed E-state index contributed by atoms with van der Waals surface area (Å²) in [6.07, 6.45) is 12.4. The summed E-state index contributed by atoms with van der Waals surface area (Å²) in [4.78, 5) is 13.5. The summed E-state index contributed by atoms with van der Waals surface area (Å²) in [6.45, 7) is 9.57. The minimum atomic E-state index is -1.11. The number of carbonyl (C=O) groups is 1. The molecule has 2 aliphatic heterocycles. The van der Waals surface area contributed by atoms with Crippen LogP contribution < -0.4 is 9.47 Å². The van der Waals surface area contributed by atoms with Gasteiger partial charge in [0.25, 0.3) is 0 Å². The van der Waals surface area contributed by atoms with Crippen molar-refractivity contribution in [2.24, 2.45) is 17.3 Å². The molecule has 5 aliphatic rings. The largest absolute Gasteiger partial charge is 0.507 e. The van der Waals surface area contributed by atoms with Crippen LogP contribution in [-0.4, -0.2) is 41.1 Å². The molecule has 0 amide bonds. The highest BCUT2D eigenvalue weighted by Gasteiger charge is 2.54. The molecule has 2 heterocycles. The van der Waals surface area contributed by atoms with Crippen LogP contribution in [0.1, 0.15) is 109 Å². The van der Waals surface area contributed by atoms with Crippen molar-refractivity contribution in [3.8, 4) is 11.5 Å². The van der Waals surface area contributed by atoms with E-state index in [1.807, 2.05) is 12.1 Å². The van der Waals surface area contributed by atoms with Crippen LogP contribution in [0.4, 0.5) is 0 Å². The first kappa shape index (κ1) is 29.5. The van der Waals surface area contributed by atoms with Gasteiger partial charge in [-0.25, -0.2) is 0 Å². The predicted octanol–water partition coefficient (Wildman–Crippen LogP) is 7.78. The molecular weight excluding hydrogens is 528 g/mol. The number of benzene rings is 1. The molecule has 0 radical (unpaired) electrons. The van der Waals surface area contributed by atoms with Gasteiger partial charge in [0.15, 0.2) is 5.78 Å². The van der Waals surface area contributed by atoms with Crippen molar-refractivity contribution in [2.75, 3.05) is 13.2 Å². The summed E-state index contributed by atoms with van der Waals surface area (Å²) < 4.78 is 19.1. The van der Waals surface area contributed by atoms with Crippen LogP contribution in [0.3, 0.4) is 0 Å². The van der Waals surface area contributed by atoms with Crippen LogP contribution in [-0.2, 0) is 16.0 Å². The fourth-order valence-electron chi connectivity index (χ4n) is 6.87. The third-order valence-corrected chi connectivity index (χ3v) is 10.4. The normalized spacial score (nSPS) is 24.9. The average molecular weight is 577 g/mol. The van der Waals surface area contributed by atoms with Gasteiger partial charge in [0.05, 0.1) is 24.2 Å². The molecule has 228 valence electrons. The van der Waals surface area contributed by atoms with E-state index in [2.05, 4.69) is 33.8 Å². The summed E-state index contributed by atoms with van der Waals surface area (Å²) in [5, 5.41) is 23.0. The van der Waals surface area contributed by atoms with Gasteiger partial charge in [-0.2, -0.15) is 0 Å². The molecule has 1 aromatic rings. The summed E-state index contributed by atoms with van der Waals surface area (Å²) in [5.74, 6) is 0.866.